The molecule has 1 aromatic carbocycles. The first-order valence-electron chi connectivity index (χ1n) is 8.29. The van der Waals surface area contributed by atoms with Gasteiger partial charge in [-0.25, -0.2) is 19.0 Å². The van der Waals surface area contributed by atoms with Gasteiger partial charge in [0.25, 0.3) is 0 Å². The predicted octanol–water partition coefficient (Wildman–Crippen LogP) is 3.84. The van der Waals surface area contributed by atoms with Crippen molar-refractivity contribution in [3.8, 4) is 5.75 Å². The third kappa shape index (κ3) is 5.54. The summed E-state index contributed by atoms with van der Waals surface area (Å²) in [5, 5.41) is 9.22. The first-order valence-corrected chi connectivity index (χ1v) is 8.29. The summed E-state index contributed by atoms with van der Waals surface area (Å²) >= 11 is 0. The number of ether oxygens (including phenoxy) is 2. The molecule has 0 saturated carbocycles. The Morgan fingerprint density at radius 1 is 1.19 bits per heavy atom. The number of aromatic nitrogens is 1. The van der Waals surface area contributed by atoms with Crippen molar-refractivity contribution >= 4 is 11.9 Å². The Bertz CT molecular complexity index is 761. The zero-order chi connectivity index (χ0) is 18.9. The minimum absolute atomic E-state index is 0.0112. The molecule has 26 heavy (non-hydrogen) atoms. The SMILES string of the molecule is CCCCCOC(=O)c1cnc(C(=O)O)c(OCc2ccc(F)cc2)c1. The summed E-state index contributed by atoms with van der Waals surface area (Å²) in [4.78, 5) is 27.1. The number of pyridine rings is 1. The summed E-state index contributed by atoms with van der Waals surface area (Å²) in [6.07, 6.45) is 3.87. The summed E-state index contributed by atoms with van der Waals surface area (Å²) < 4.78 is 23.6. The molecule has 1 aromatic heterocycles. The maximum absolute atomic E-state index is 12.9. The van der Waals surface area contributed by atoms with E-state index in [1.165, 1.54) is 30.3 Å². The van der Waals surface area contributed by atoms with Crippen molar-refractivity contribution in [1.82, 2.24) is 4.98 Å². The summed E-state index contributed by atoms with van der Waals surface area (Å²) in [7, 11) is 0. The highest BCUT2D eigenvalue weighted by atomic mass is 19.1. The number of halogens is 1. The van der Waals surface area contributed by atoms with Crippen LogP contribution in [-0.4, -0.2) is 28.6 Å². The van der Waals surface area contributed by atoms with Crippen LogP contribution in [0.15, 0.2) is 36.5 Å². The second-order valence-corrected chi connectivity index (χ2v) is 5.63. The van der Waals surface area contributed by atoms with Crippen molar-refractivity contribution in [2.45, 2.75) is 32.8 Å². The van der Waals surface area contributed by atoms with Crippen LogP contribution in [-0.2, 0) is 11.3 Å². The van der Waals surface area contributed by atoms with Crippen molar-refractivity contribution in [3.63, 3.8) is 0 Å². The topological polar surface area (TPSA) is 85.7 Å². The molecule has 0 amide bonds. The lowest BCUT2D eigenvalue weighted by atomic mass is 10.2. The minimum Gasteiger partial charge on any atom is -0.486 e. The second-order valence-electron chi connectivity index (χ2n) is 5.63. The molecule has 1 heterocycles. The van der Waals surface area contributed by atoms with Crippen LogP contribution in [0.2, 0.25) is 0 Å². The Morgan fingerprint density at radius 3 is 2.58 bits per heavy atom. The summed E-state index contributed by atoms with van der Waals surface area (Å²) in [6.45, 7) is 2.34. The van der Waals surface area contributed by atoms with Crippen LogP contribution in [0, 0.1) is 5.82 Å². The van der Waals surface area contributed by atoms with E-state index >= 15 is 0 Å². The fourth-order valence-corrected chi connectivity index (χ4v) is 2.17. The lowest BCUT2D eigenvalue weighted by Crippen LogP contribution is -2.11. The molecule has 7 heteroatoms. The first-order chi connectivity index (χ1) is 12.5. The highest BCUT2D eigenvalue weighted by Crippen LogP contribution is 2.20. The highest BCUT2D eigenvalue weighted by Gasteiger charge is 2.18. The smallest absolute Gasteiger partial charge is 0.358 e. The number of esters is 1. The lowest BCUT2D eigenvalue weighted by Gasteiger charge is -2.10. The fraction of sp³-hybridized carbons (Fsp3) is 0.316. The molecule has 0 radical (unpaired) electrons. The van der Waals surface area contributed by atoms with Crippen LogP contribution >= 0.6 is 0 Å². The normalized spacial score (nSPS) is 10.4. The van der Waals surface area contributed by atoms with Gasteiger partial charge in [0.2, 0.25) is 0 Å². The monoisotopic (exact) mass is 361 g/mol. The van der Waals surface area contributed by atoms with E-state index in [1.54, 1.807) is 0 Å². The Kier molecular flexibility index (Phi) is 7.08. The van der Waals surface area contributed by atoms with Gasteiger partial charge in [-0.15, -0.1) is 0 Å². The van der Waals surface area contributed by atoms with Crippen LogP contribution in [0.5, 0.6) is 5.75 Å². The number of aromatic carboxylic acids is 1. The molecule has 0 fully saturated rings. The average Bonchev–Trinajstić information content (AvgIpc) is 2.64. The van der Waals surface area contributed by atoms with Gasteiger partial charge in [-0.05, 0) is 30.2 Å². The Labute approximate surface area is 150 Å². The van der Waals surface area contributed by atoms with Crippen LogP contribution in [0.4, 0.5) is 4.39 Å². The van der Waals surface area contributed by atoms with Gasteiger partial charge in [0.05, 0.1) is 12.2 Å². The number of carboxylic acids is 1. The van der Waals surface area contributed by atoms with Gasteiger partial charge in [0.1, 0.15) is 12.4 Å². The van der Waals surface area contributed by atoms with Gasteiger partial charge >= 0.3 is 11.9 Å². The first kappa shape index (κ1) is 19.4. The molecule has 6 nitrogen and oxygen atoms in total. The Morgan fingerprint density at radius 2 is 1.92 bits per heavy atom. The largest absolute Gasteiger partial charge is 0.486 e. The van der Waals surface area contributed by atoms with E-state index in [-0.39, 0.29) is 29.4 Å². The summed E-state index contributed by atoms with van der Waals surface area (Å²) in [5.74, 6) is -2.29. The summed E-state index contributed by atoms with van der Waals surface area (Å²) in [6, 6.07) is 6.89. The quantitative estimate of drug-likeness (QED) is 0.539. The van der Waals surface area contributed by atoms with E-state index in [4.69, 9.17) is 9.47 Å². The van der Waals surface area contributed by atoms with Gasteiger partial charge in [-0.2, -0.15) is 0 Å². The van der Waals surface area contributed by atoms with Crippen LogP contribution in [0.3, 0.4) is 0 Å². The van der Waals surface area contributed by atoms with Gasteiger partial charge in [-0.3, -0.25) is 0 Å². The molecule has 1 N–H and O–H groups in total. The molecule has 0 unspecified atom stereocenters. The Balaban J connectivity index is 2.10. The maximum Gasteiger partial charge on any atom is 0.358 e. The number of carboxylic acid groups (broad SMARTS) is 1. The fourth-order valence-electron chi connectivity index (χ4n) is 2.17. The van der Waals surface area contributed by atoms with Gasteiger partial charge in [0.15, 0.2) is 11.4 Å². The second kappa shape index (κ2) is 9.50. The third-order valence-corrected chi connectivity index (χ3v) is 3.58. The molecule has 0 aliphatic carbocycles. The zero-order valence-electron chi connectivity index (χ0n) is 14.4. The number of benzene rings is 1. The van der Waals surface area contributed by atoms with Crippen LogP contribution < -0.4 is 4.74 Å². The molecule has 0 spiro atoms. The number of carbonyl (C=O) groups excluding carboxylic acids is 1. The van der Waals surface area contributed by atoms with Crippen molar-refractivity contribution in [2.75, 3.05) is 6.61 Å². The minimum atomic E-state index is -1.28. The molecule has 0 aliphatic rings. The van der Waals surface area contributed by atoms with Crippen LogP contribution in [0.1, 0.15) is 52.6 Å². The highest BCUT2D eigenvalue weighted by molar-refractivity contribution is 5.93. The van der Waals surface area contributed by atoms with Gasteiger partial charge < -0.3 is 14.6 Å². The molecular weight excluding hydrogens is 341 g/mol. The number of hydrogen-bond donors (Lipinski definition) is 1. The van der Waals surface area contributed by atoms with E-state index in [0.29, 0.717) is 12.2 Å². The van der Waals surface area contributed by atoms with Crippen molar-refractivity contribution in [1.29, 1.82) is 0 Å². The van der Waals surface area contributed by atoms with E-state index in [9.17, 15) is 19.1 Å². The number of hydrogen-bond acceptors (Lipinski definition) is 5. The van der Waals surface area contributed by atoms with E-state index in [0.717, 1.165) is 25.5 Å². The van der Waals surface area contributed by atoms with E-state index in [1.807, 2.05) is 6.92 Å². The lowest BCUT2D eigenvalue weighted by molar-refractivity contribution is 0.0495. The molecule has 2 aromatic rings. The molecule has 0 bridgehead atoms. The number of rotatable bonds is 9. The maximum atomic E-state index is 12.9. The predicted molar refractivity (Wildman–Crippen MR) is 91.7 cm³/mol. The molecule has 0 saturated heterocycles. The number of carbonyl (C=O) groups is 2. The third-order valence-electron chi connectivity index (χ3n) is 3.58. The molecular formula is C19H20FNO5. The standard InChI is InChI=1S/C19H20FNO5/c1-2-3-4-9-25-19(24)14-10-16(17(18(22)23)21-11-14)26-12-13-5-7-15(20)8-6-13/h5-8,10-11H,2-4,9,12H2,1H3,(H,22,23). The average molecular weight is 361 g/mol. The van der Waals surface area contributed by atoms with Crippen molar-refractivity contribution < 1.29 is 28.6 Å². The van der Waals surface area contributed by atoms with Crippen molar-refractivity contribution in [2.24, 2.45) is 0 Å². The molecule has 0 aliphatic heterocycles. The van der Waals surface area contributed by atoms with Gasteiger partial charge in [-0.1, -0.05) is 31.9 Å². The summed E-state index contributed by atoms with van der Waals surface area (Å²) in [5.41, 5.74) is 0.450. The number of unbranched alkanes of at least 4 members (excludes halogenated alkanes) is 2. The Hall–Kier alpha value is -2.96. The zero-order valence-corrected chi connectivity index (χ0v) is 14.4. The molecule has 0 atom stereocenters. The van der Waals surface area contributed by atoms with E-state index in [2.05, 4.69) is 4.98 Å². The van der Waals surface area contributed by atoms with Gasteiger partial charge in [0, 0.05) is 6.20 Å². The van der Waals surface area contributed by atoms with Crippen LogP contribution in [0.25, 0.3) is 0 Å². The number of nitrogens with zero attached hydrogens (tertiary/aromatic N) is 1. The van der Waals surface area contributed by atoms with Crippen molar-refractivity contribution in [3.05, 3.63) is 59.2 Å². The van der Waals surface area contributed by atoms with E-state index < -0.39 is 11.9 Å². The molecule has 138 valence electrons. The molecule has 2 rings (SSSR count).